The Kier molecular flexibility index (Phi) is 10.3. The number of hydrogen-bond acceptors (Lipinski definition) is 10. The molecule has 0 spiro atoms. The molecule has 1 aromatic heterocycles. The van der Waals surface area contributed by atoms with Gasteiger partial charge in [-0.15, -0.1) is 11.3 Å². The predicted molar refractivity (Wildman–Crippen MR) is 127 cm³/mol. The van der Waals surface area contributed by atoms with Crippen molar-refractivity contribution in [2.24, 2.45) is 5.73 Å². The van der Waals surface area contributed by atoms with Crippen LogP contribution < -0.4 is 15.8 Å². The molecule has 40 heavy (non-hydrogen) atoms. The number of carbonyl (C=O) groups excluding carboxylic acids is 4. The highest BCUT2D eigenvalue weighted by atomic mass is 32.1. The Labute approximate surface area is 225 Å². The molecule has 6 N–H and O–H groups in total. The normalized spacial score (nSPS) is 11.6. The molecule has 2 amide bonds. The molecular formula is C22H19F3N4O10S. The summed E-state index contributed by atoms with van der Waals surface area (Å²) in [6, 6.07) is 4.85. The maximum atomic E-state index is 12.6. The Morgan fingerprint density at radius 1 is 1.05 bits per heavy atom. The van der Waals surface area contributed by atoms with Crippen LogP contribution in [0.5, 0.6) is 5.75 Å². The summed E-state index contributed by atoms with van der Waals surface area (Å²) in [6.07, 6.45) is -6.91. The van der Waals surface area contributed by atoms with Crippen molar-refractivity contribution in [1.82, 2.24) is 10.2 Å². The van der Waals surface area contributed by atoms with Crippen molar-refractivity contribution < 1.29 is 61.6 Å². The Morgan fingerprint density at radius 3 is 2.20 bits per heavy atom. The van der Waals surface area contributed by atoms with Crippen LogP contribution in [0.25, 0.3) is 0 Å². The zero-order valence-electron chi connectivity index (χ0n) is 19.9. The third-order valence-electron chi connectivity index (χ3n) is 4.60. The zero-order valence-corrected chi connectivity index (χ0v) is 20.7. The van der Waals surface area contributed by atoms with Crippen LogP contribution in [0.4, 0.5) is 18.0 Å². The van der Waals surface area contributed by atoms with E-state index in [4.69, 9.17) is 21.0 Å². The molecule has 0 fully saturated rings. The minimum atomic E-state index is -5.53. The van der Waals surface area contributed by atoms with E-state index in [0.29, 0.717) is 10.5 Å². The minimum absolute atomic E-state index is 0.0433. The predicted octanol–water partition coefficient (Wildman–Crippen LogP) is 1.32. The number of nitrogens with one attached hydrogen (secondary N) is 2. The van der Waals surface area contributed by atoms with Crippen molar-refractivity contribution in [2.45, 2.75) is 25.2 Å². The van der Waals surface area contributed by atoms with Gasteiger partial charge in [-0.3, -0.25) is 15.0 Å². The molecule has 0 saturated heterocycles. The lowest BCUT2D eigenvalue weighted by Crippen LogP contribution is -2.50. The van der Waals surface area contributed by atoms with E-state index < -0.39 is 67.6 Å². The number of nitrogens with two attached hydrogens (primary N) is 1. The second kappa shape index (κ2) is 13.2. The molecule has 2 rings (SSSR count). The molecule has 1 heterocycles. The molecular weight excluding hydrogens is 569 g/mol. The third-order valence-corrected chi connectivity index (χ3v) is 5.65. The highest BCUT2D eigenvalue weighted by Gasteiger charge is 2.43. The number of amidine groups is 1. The Balaban J connectivity index is 2.08. The number of carboxylic acid groups (broad SMARTS) is 2. The molecule has 1 atom stereocenters. The molecule has 1 aromatic carbocycles. The van der Waals surface area contributed by atoms with Crippen molar-refractivity contribution >= 4 is 53.1 Å². The van der Waals surface area contributed by atoms with E-state index in [9.17, 15) is 47.0 Å². The number of alkyl halides is 3. The largest absolute Gasteiger partial charge is 0.491 e. The van der Waals surface area contributed by atoms with Crippen molar-refractivity contribution in [3.63, 3.8) is 0 Å². The fraction of sp³-hybridized carbons (Fsp3) is 0.227. The van der Waals surface area contributed by atoms with E-state index in [1.54, 1.807) is 5.32 Å². The Hall–Kier alpha value is -5.00. The molecule has 0 unspecified atom stereocenters. The second-order valence-corrected chi connectivity index (χ2v) is 8.82. The molecule has 214 valence electrons. The number of amides is 2. The van der Waals surface area contributed by atoms with E-state index in [1.165, 1.54) is 36.4 Å². The number of urea groups is 1. The van der Waals surface area contributed by atoms with Crippen molar-refractivity contribution in [2.75, 3.05) is 6.54 Å². The highest BCUT2D eigenvalue weighted by Crippen LogP contribution is 2.22. The summed E-state index contributed by atoms with van der Waals surface area (Å²) in [7, 11) is 0. The second-order valence-electron chi connectivity index (χ2n) is 7.65. The number of ether oxygens (including phenoxy) is 2. The first-order valence-electron chi connectivity index (χ1n) is 10.6. The quantitative estimate of drug-likeness (QED) is 0.0827. The number of nitrogens with zero attached hydrogens (tertiary/aromatic N) is 1. The van der Waals surface area contributed by atoms with Crippen molar-refractivity contribution in [1.29, 1.82) is 5.41 Å². The van der Waals surface area contributed by atoms with Crippen LogP contribution in [-0.2, 0) is 30.5 Å². The maximum Gasteiger partial charge on any atom is 0.491 e. The minimum Gasteiger partial charge on any atom is -0.480 e. The summed E-state index contributed by atoms with van der Waals surface area (Å²) in [5, 5.41) is 27.5. The highest BCUT2D eigenvalue weighted by molar-refractivity contribution is 7.13. The fourth-order valence-corrected chi connectivity index (χ4v) is 3.69. The van der Waals surface area contributed by atoms with Crippen LogP contribution in [0.1, 0.15) is 26.5 Å². The van der Waals surface area contributed by atoms with Crippen molar-refractivity contribution in [3.05, 3.63) is 51.7 Å². The Bertz CT molecular complexity index is 1330. The van der Waals surface area contributed by atoms with Gasteiger partial charge in [0.05, 0.1) is 13.0 Å². The van der Waals surface area contributed by atoms with Crippen LogP contribution in [-0.4, -0.2) is 75.6 Å². The van der Waals surface area contributed by atoms with Crippen LogP contribution in [0.15, 0.2) is 36.4 Å². The van der Waals surface area contributed by atoms with E-state index in [2.05, 4.69) is 4.74 Å². The van der Waals surface area contributed by atoms with E-state index in [-0.39, 0.29) is 21.3 Å². The average molecular weight is 588 g/mol. The number of rotatable bonds is 11. The molecule has 0 bridgehead atoms. The fourth-order valence-electron chi connectivity index (χ4n) is 2.79. The van der Waals surface area contributed by atoms with Gasteiger partial charge in [-0.1, -0.05) is 0 Å². The molecule has 2 aromatic rings. The Morgan fingerprint density at radius 2 is 1.68 bits per heavy atom. The summed E-state index contributed by atoms with van der Waals surface area (Å²) in [4.78, 5) is 70.9. The number of aliphatic carboxylic acids is 2. The van der Waals surface area contributed by atoms with Gasteiger partial charge in [0.15, 0.2) is 0 Å². The maximum absolute atomic E-state index is 12.6. The summed E-state index contributed by atoms with van der Waals surface area (Å²) in [5.41, 5.74) is 5.75. The number of carbonyl (C=O) groups is 6. The summed E-state index contributed by atoms with van der Waals surface area (Å²) >= 11 is 0.808. The molecule has 14 nitrogen and oxygen atoms in total. The summed E-state index contributed by atoms with van der Waals surface area (Å²) < 4.78 is 45.4. The molecule has 0 aliphatic carbocycles. The van der Waals surface area contributed by atoms with Gasteiger partial charge in [0, 0.05) is 10.4 Å². The molecule has 0 aliphatic rings. The molecule has 0 radical (unpaired) electrons. The van der Waals surface area contributed by atoms with Crippen molar-refractivity contribution in [3.8, 4) is 5.75 Å². The van der Waals surface area contributed by atoms with Crippen LogP contribution in [0.2, 0.25) is 0 Å². The SMILES string of the molecule is N=C(N)c1ccc(OC(=O)c2ccc(CN(CC(=O)O)C(=O)N[C@@H](CC(=O)OC(=O)C(F)(F)F)C(=O)O)s2)cc1. The topological polar surface area (TPSA) is 226 Å². The first kappa shape index (κ1) is 31.2. The average Bonchev–Trinajstić information content (AvgIpc) is 3.31. The third kappa shape index (κ3) is 9.39. The van der Waals surface area contributed by atoms with Gasteiger partial charge in [0.25, 0.3) is 0 Å². The van der Waals surface area contributed by atoms with Gasteiger partial charge >= 0.3 is 42.1 Å². The number of esters is 3. The number of nitrogen functional groups attached to an aromatic ring is 1. The number of thiophene rings is 1. The van der Waals surface area contributed by atoms with Gasteiger partial charge in [-0.2, -0.15) is 13.2 Å². The lowest BCUT2D eigenvalue weighted by molar-refractivity contribution is -0.202. The summed E-state index contributed by atoms with van der Waals surface area (Å²) in [5.74, 6) is -9.08. The number of benzene rings is 1. The number of halogens is 3. The number of carboxylic acids is 2. The number of hydrogen-bond donors (Lipinski definition) is 5. The molecule has 0 aliphatic heterocycles. The van der Waals surface area contributed by atoms with Gasteiger partial charge in [-0.25, -0.2) is 19.2 Å². The molecule has 18 heteroatoms. The van der Waals surface area contributed by atoms with Crippen LogP contribution >= 0.6 is 11.3 Å². The first-order chi connectivity index (χ1) is 18.6. The van der Waals surface area contributed by atoms with Gasteiger partial charge in [0.1, 0.15) is 29.0 Å². The van der Waals surface area contributed by atoms with Gasteiger partial charge in [0.2, 0.25) is 0 Å². The smallest absolute Gasteiger partial charge is 0.480 e. The van der Waals surface area contributed by atoms with Gasteiger partial charge < -0.3 is 35.6 Å². The van der Waals surface area contributed by atoms with Crippen LogP contribution in [0, 0.1) is 5.41 Å². The van der Waals surface area contributed by atoms with E-state index >= 15 is 0 Å². The lowest BCUT2D eigenvalue weighted by Gasteiger charge is -2.23. The van der Waals surface area contributed by atoms with E-state index in [1.807, 2.05) is 0 Å². The van der Waals surface area contributed by atoms with Gasteiger partial charge in [-0.05, 0) is 36.4 Å². The zero-order chi connectivity index (χ0) is 30.2. The monoisotopic (exact) mass is 588 g/mol. The first-order valence-corrected chi connectivity index (χ1v) is 11.5. The van der Waals surface area contributed by atoms with E-state index in [0.717, 1.165) is 11.3 Å². The van der Waals surface area contributed by atoms with Crippen LogP contribution in [0.3, 0.4) is 0 Å². The standard InChI is InChI=1S/C22H19F3N4O10S/c23-22(24,25)20(36)39-16(32)7-13(18(33)34)28-21(37)29(9-15(30)31)8-12-5-6-14(40-12)19(35)38-11-3-1-10(2-4-11)17(26)27/h1-6,13H,7-9H2,(H3,26,27)(H,28,37)(H,30,31)(H,33,34)/t13-/m0/s1. The lowest BCUT2D eigenvalue weighted by atomic mass is 10.2. The molecule has 0 saturated carbocycles. The summed E-state index contributed by atoms with van der Waals surface area (Å²) in [6.45, 7) is -1.44.